The standard InChI is InChI=1S/C23H27N7O2/c31-23(25-19-3-5-20(6-4-19)28-12-14-32-15-13-28)18-2-1-10-29(16-18)21-7-8-22(27-26-21)30-11-9-24-17-30/h3-9,11,17-18H,1-2,10,12-16H2,(H,25,31)/t18-/m1/s1. The van der Waals surface area contributed by atoms with Gasteiger partial charge in [-0.2, -0.15) is 0 Å². The average Bonchev–Trinajstić information content (AvgIpc) is 3.40. The lowest BCUT2D eigenvalue weighted by atomic mass is 9.97. The highest BCUT2D eigenvalue weighted by atomic mass is 16.5. The van der Waals surface area contributed by atoms with E-state index in [1.807, 2.05) is 35.0 Å². The number of morpholine rings is 1. The number of nitrogens with zero attached hydrogens (tertiary/aromatic N) is 6. The zero-order valence-electron chi connectivity index (χ0n) is 17.9. The molecule has 4 heterocycles. The second kappa shape index (κ2) is 9.35. The minimum atomic E-state index is -0.0854. The van der Waals surface area contributed by atoms with Gasteiger partial charge in [0.2, 0.25) is 5.91 Å². The lowest BCUT2D eigenvalue weighted by Gasteiger charge is -2.32. The molecule has 5 rings (SSSR count). The summed E-state index contributed by atoms with van der Waals surface area (Å²) in [5.74, 6) is 1.48. The Morgan fingerprint density at radius 1 is 0.969 bits per heavy atom. The smallest absolute Gasteiger partial charge is 0.229 e. The third-order valence-electron chi connectivity index (χ3n) is 6.03. The van der Waals surface area contributed by atoms with Crippen LogP contribution in [0.1, 0.15) is 12.8 Å². The van der Waals surface area contributed by atoms with Gasteiger partial charge in [0.25, 0.3) is 0 Å². The summed E-state index contributed by atoms with van der Waals surface area (Å²) in [5.41, 5.74) is 1.99. The molecule has 32 heavy (non-hydrogen) atoms. The highest BCUT2D eigenvalue weighted by Gasteiger charge is 2.27. The number of nitrogens with one attached hydrogen (secondary N) is 1. The molecule has 3 aromatic rings. The Morgan fingerprint density at radius 2 is 1.75 bits per heavy atom. The zero-order chi connectivity index (χ0) is 21.8. The quantitative estimate of drug-likeness (QED) is 0.661. The predicted octanol–water partition coefficient (Wildman–Crippen LogP) is 2.35. The third kappa shape index (κ3) is 4.57. The molecule has 0 radical (unpaired) electrons. The van der Waals surface area contributed by atoms with E-state index in [2.05, 4.69) is 42.4 Å². The van der Waals surface area contributed by atoms with E-state index in [-0.39, 0.29) is 11.8 Å². The van der Waals surface area contributed by atoms with Crippen LogP contribution in [0.5, 0.6) is 0 Å². The monoisotopic (exact) mass is 433 g/mol. The predicted molar refractivity (Wildman–Crippen MR) is 122 cm³/mol. The summed E-state index contributed by atoms with van der Waals surface area (Å²) in [6.07, 6.45) is 7.05. The lowest BCUT2D eigenvalue weighted by molar-refractivity contribution is -0.120. The van der Waals surface area contributed by atoms with Crippen molar-refractivity contribution in [2.24, 2.45) is 5.92 Å². The van der Waals surface area contributed by atoms with E-state index in [4.69, 9.17) is 4.74 Å². The SMILES string of the molecule is O=C(Nc1ccc(N2CCOCC2)cc1)[C@@H]1CCCN(c2ccc(-n3ccnc3)nn2)C1. The number of aromatic nitrogens is 4. The second-order valence-corrected chi connectivity index (χ2v) is 8.14. The normalized spacial score (nSPS) is 19.1. The maximum Gasteiger partial charge on any atom is 0.229 e. The molecule has 0 bridgehead atoms. The summed E-state index contributed by atoms with van der Waals surface area (Å²) >= 11 is 0. The van der Waals surface area contributed by atoms with Crippen LogP contribution in [-0.4, -0.2) is 65.0 Å². The van der Waals surface area contributed by atoms with E-state index >= 15 is 0 Å². The van der Waals surface area contributed by atoms with Crippen molar-refractivity contribution in [3.8, 4) is 5.82 Å². The highest BCUT2D eigenvalue weighted by molar-refractivity contribution is 5.93. The fraction of sp³-hybridized carbons (Fsp3) is 0.391. The molecule has 9 nitrogen and oxygen atoms in total. The van der Waals surface area contributed by atoms with Crippen molar-refractivity contribution < 1.29 is 9.53 Å². The number of hydrogen-bond donors (Lipinski definition) is 1. The molecule has 0 unspecified atom stereocenters. The first-order valence-corrected chi connectivity index (χ1v) is 11.1. The Morgan fingerprint density at radius 3 is 2.47 bits per heavy atom. The second-order valence-electron chi connectivity index (χ2n) is 8.14. The van der Waals surface area contributed by atoms with Gasteiger partial charge in [0.15, 0.2) is 11.6 Å². The Balaban J connectivity index is 1.19. The van der Waals surface area contributed by atoms with E-state index in [1.54, 1.807) is 12.5 Å². The minimum Gasteiger partial charge on any atom is -0.378 e. The van der Waals surface area contributed by atoms with Crippen LogP contribution in [0.25, 0.3) is 5.82 Å². The fourth-order valence-electron chi connectivity index (χ4n) is 4.24. The molecular weight excluding hydrogens is 406 g/mol. The van der Waals surface area contributed by atoms with Crippen LogP contribution in [0.15, 0.2) is 55.1 Å². The highest BCUT2D eigenvalue weighted by Crippen LogP contribution is 2.24. The maximum atomic E-state index is 12.9. The van der Waals surface area contributed by atoms with Crippen molar-refractivity contribution in [1.29, 1.82) is 0 Å². The molecular formula is C23H27N7O2. The molecule has 2 aliphatic heterocycles. The molecule has 0 aliphatic carbocycles. The molecule has 2 aliphatic rings. The molecule has 2 saturated heterocycles. The van der Waals surface area contributed by atoms with Crippen LogP contribution in [0.2, 0.25) is 0 Å². The Labute approximate surface area is 187 Å². The number of imidazole rings is 1. The Kier molecular flexibility index (Phi) is 5.98. The average molecular weight is 434 g/mol. The van der Waals surface area contributed by atoms with Crippen molar-refractivity contribution in [2.45, 2.75) is 12.8 Å². The first-order valence-electron chi connectivity index (χ1n) is 11.1. The summed E-state index contributed by atoms with van der Waals surface area (Å²) in [7, 11) is 0. The number of piperidine rings is 1. The molecule has 9 heteroatoms. The first kappa shape index (κ1) is 20.4. The van der Waals surface area contributed by atoms with Crippen molar-refractivity contribution in [2.75, 3.05) is 54.5 Å². The first-order chi connectivity index (χ1) is 15.8. The number of anilines is 3. The summed E-state index contributed by atoms with van der Waals surface area (Å²) in [4.78, 5) is 21.4. The van der Waals surface area contributed by atoms with Gasteiger partial charge in [-0.25, -0.2) is 4.98 Å². The molecule has 1 N–H and O–H groups in total. The van der Waals surface area contributed by atoms with Gasteiger partial charge < -0.3 is 19.9 Å². The molecule has 2 aromatic heterocycles. The maximum absolute atomic E-state index is 12.9. The number of amides is 1. The van der Waals surface area contributed by atoms with E-state index in [0.29, 0.717) is 6.54 Å². The summed E-state index contributed by atoms with van der Waals surface area (Å²) in [6.45, 7) is 4.82. The van der Waals surface area contributed by atoms with Crippen molar-refractivity contribution >= 4 is 23.1 Å². The topological polar surface area (TPSA) is 88.4 Å². The van der Waals surface area contributed by atoms with Gasteiger partial charge in [-0.15, -0.1) is 10.2 Å². The minimum absolute atomic E-state index is 0.0526. The van der Waals surface area contributed by atoms with E-state index in [0.717, 1.165) is 68.7 Å². The van der Waals surface area contributed by atoms with E-state index in [9.17, 15) is 4.79 Å². The van der Waals surface area contributed by atoms with Crippen LogP contribution in [0, 0.1) is 5.92 Å². The number of benzene rings is 1. The summed E-state index contributed by atoms with van der Waals surface area (Å²) < 4.78 is 7.23. The van der Waals surface area contributed by atoms with Gasteiger partial charge in [-0.1, -0.05) is 0 Å². The van der Waals surface area contributed by atoms with E-state index < -0.39 is 0 Å². The Hall–Kier alpha value is -3.46. The van der Waals surface area contributed by atoms with Gasteiger partial charge in [0.1, 0.15) is 6.33 Å². The molecule has 166 valence electrons. The number of carbonyl (C=O) groups is 1. The van der Waals surface area contributed by atoms with Gasteiger partial charge in [0.05, 0.1) is 19.1 Å². The van der Waals surface area contributed by atoms with Crippen molar-refractivity contribution in [3.05, 3.63) is 55.1 Å². The van der Waals surface area contributed by atoms with E-state index in [1.165, 1.54) is 0 Å². The van der Waals surface area contributed by atoms with Gasteiger partial charge in [0, 0.05) is 49.9 Å². The largest absolute Gasteiger partial charge is 0.378 e. The molecule has 1 atom stereocenters. The van der Waals surface area contributed by atoms with Crippen LogP contribution < -0.4 is 15.1 Å². The number of hydrogen-bond acceptors (Lipinski definition) is 7. The van der Waals surface area contributed by atoms with Gasteiger partial charge in [-0.3, -0.25) is 9.36 Å². The van der Waals surface area contributed by atoms with Crippen LogP contribution in [0.4, 0.5) is 17.2 Å². The lowest BCUT2D eigenvalue weighted by Crippen LogP contribution is -2.41. The van der Waals surface area contributed by atoms with Crippen LogP contribution in [-0.2, 0) is 9.53 Å². The summed E-state index contributed by atoms with van der Waals surface area (Å²) in [5, 5.41) is 11.8. The number of rotatable bonds is 5. The molecule has 0 spiro atoms. The Bertz CT molecular complexity index is 1020. The van der Waals surface area contributed by atoms with Crippen molar-refractivity contribution in [1.82, 2.24) is 19.7 Å². The van der Waals surface area contributed by atoms with Crippen LogP contribution in [0.3, 0.4) is 0 Å². The summed E-state index contributed by atoms with van der Waals surface area (Å²) in [6, 6.07) is 11.9. The molecule has 2 fully saturated rings. The third-order valence-corrected chi connectivity index (χ3v) is 6.03. The fourth-order valence-corrected chi connectivity index (χ4v) is 4.24. The van der Waals surface area contributed by atoms with Gasteiger partial charge >= 0.3 is 0 Å². The zero-order valence-corrected chi connectivity index (χ0v) is 17.9. The number of carbonyl (C=O) groups excluding carboxylic acids is 1. The van der Waals surface area contributed by atoms with Gasteiger partial charge in [-0.05, 0) is 49.2 Å². The van der Waals surface area contributed by atoms with Crippen LogP contribution >= 0.6 is 0 Å². The molecule has 0 saturated carbocycles. The molecule has 1 aromatic carbocycles. The number of ether oxygens (including phenoxy) is 1. The van der Waals surface area contributed by atoms with Crippen molar-refractivity contribution in [3.63, 3.8) is 0 Å². The molecule has 1 amide bonds.